The minimum atomic E-state index is -0.339. The summed E-state index contributed by atoms with van der Waals surface area (Å²) in [5.41, 5.74) is 4.02. The van der Waals surface area contributed by atoms with Crippen molar-refractivity contribution in [3.8, 4) is 33.9 Å². The van der Waals surface area contributed by atoms with E-state index in [1.54, 1.807) is 25.3 Å². The molecule has 7 heteroatoms. The molecule has 0 aliphatic heterocycles. The molecule has 32 heavy (non-hydrogen) atoms. The Hall–Kier alpha value is -3.74. The molecule has 1 aliphatic carbocycles. The highest BCUT2D eigenvalue weighted by atomic mass is 19.1. The number of nitrogens with zero attached hydrogens (tertiary/aromatic N) is 2. The van der Waals surface area contributed by atoms with E-state index in [-0.39, 0.29) is 17.8 Å². The van der Waals surface area contributed by atoms with Gasteiger partial charge in [-0.25, -0.2) is 9.37 Å². The van der Waals surface area contributed by atoms with Crippen molar-refractivity contribution in [2.45, 2.75) is 38.6 Å². The average Bonchev–Trinajstić information content (AvgIpc) is 3.55. The van der Waals surface area contributed by atoms with Crippen LogP contribution in [0.5, 0.6) is 0 Å². The maximum Gasteiger partial charge on any atom is 0.251 e. The molecule has 2 heterocycles. The van der Waals surface area contributed by atoms with Crippen LogP contribution in [0.1, 0.15) is 41.8 Å². The van der Waals surface area contributed by atoms with Crippen molar-refractivity contribution in [1.29, 1.82) is 0 Å². The van der Waals surface area contributed by atoms with Crippen LogP contribution in [0.4, 0.5) is 4.39 Å². The van der Waals surface area contributed by atoms with E-state index in [0.29, 0.717) is 39.7 Å². The Morgan fingerprint density at radius 1 is 1.12 bits per heavy atom. The largest absolute Gasteiger partial charge is 0.360 e. The molecule has 0 radical (unpaired) electrons. The first-order chi connectivity index (χ1) is 15.6. The Labute approximate surface area is 184 Å². The molecule has 2 N–H and O–H groups in total. The number of aryl methyl sites for hydroxylation is 1. The van der Waals surface area contributed by atoms with E-state index in [9.17, 15) is 9.18 Å². The summed E-state index contributed by atoms with van der Waals surface area (Å²) in [6.07, 6.45) is 6.24. The number of amides is 1. The Bertz CT molecular complexity index is 1250. The molecule has 2 aromatic heterocycles. The number of carbonyl (C=O) groups is 1. The maximum atomic E-state index is 13.7. The highest BCUT2D eigenvalue weighted by Gasteiger charge is 2.20. The zero-order valence-electron chi connectivity index (χ0n) is 17.7. The summed E-state index contributed by atoms with van der Waals surface area (Å²) in [4.78, 5) is 20.3. The van der Waals surface area contributed by atoms with Gasteiger partial charge in [-0.15, -0.1) is 0 Å². The van der Waals surface area contributed by atoms with E-state index >= 15 is 0 Å². The van der Waals surface area contributed by atoms with Crippen molar-refractivity contribution in [2.75, 3.05) is 0 Å². The number of hydrogen-bond donors (Lipinski definition) is 2. The number of benzene rings is 2. The van der Waals surface area contributed by atoms with Gasteiger partial charge in [0.15, 0.2) is 0 Å². The average molecular weight is 430 g/mol. The fourth-order valence-electron chi connectivity index (χ4n) is 4.22. The quantitative estimate of drug-likeness (QED) is 0.437. The lowest BCUT2D eigenvalue weighted by Gasteiger charge is -2.11. The summed E-state index contributed by atoms with van der Waals surface area (Å²) in [7, 11) is 0. The Kier molecular flexibility index (Phi) is 5.31. The molecule has 5 rings (SSSR count). The van der Waals surface area contributed by atoms with Crippen LogP contribution in [-0.4, -0.2) is 27.1 Å². The lowest BCUT2D eigenvalue weighted by Crippen LogP contribution is -2.32. The smallest absolute Gasteiger partial charge is 0.251 e. The van der Waals surface area contributed by atoms with E-state index in [1.807, 2.05) is 24.3 Å². The van der Waals surface area contributed by atoms with Gasteiger partial charge < -0.3 is 14.8 Å². The van der Waals surface area contributed by atoms with Gasteiger partial charge in [0.25, 0.3) is 5.91 Å². The molecule has 1 saturated carbocycles. The SMILES string of the molecule is Cc1onc(-c2cccc(F)c2)c1-c1c[nH]c(-c2ccc(C(=O)NC3CCCC3)cc2)n1. The summed E-state index contributed by atoms with van der Waals surface area (Å²) in [6, 6.07) is 13.9. The third-order valence-electron chi connectivity index (χ3n) is 5.91. The standard InChI is InChI=1S/C25H23FN4O2/c1-15-22(23(30-32-15)18-5-4-6-19(26)13-18)21-14-27-24(29-21)16-9-11-17(12-10-16)25(31)28-20-7-2-3-8-20/h4-6,9-14,20H,2-3,7-8H2,1H3,(H,27,29)(H,28,31). The van der Waals surface area contributed by atoms with Crippen LogP contribution < -0.4 is 5.32 Å². The maximum absolute atomic E-state index is 13.7. The van der Waals surface area contributed by atoms with Crippen molar-refractivity contribution in [2.24, 2.45) is 0 Å². The minimum Gasteiger partial charge on any atom is -0.360 e. The zero-order chi connectivity index (χ0) is 22.1. The molecule has 0 atom stereocenters. The fraction of sp³-hybridized carbons (Fsp3) is 0.240. The number of aromatic nitrogens is 3. The molecular weight excluding hydrogens is 407 g/mol. The van der Waals surface area contributed by atoms with E-state index in [2.05, 4.69) is 15.5 Å². The van der Waals surface area contributed by atoms with E-state index in [0.717, 1.165) is 18.4 Å². The van der Waals surface area contributed by atoms with Crippen LogP contribution in [0.25, 0.3) is 33.9 Å². The van der Waals surface area contributed by atoms with Crippen LogP contribution in [0.15, 0.2) is 59.3 Å². The van der Waals surface area contributed by atoms with Gasteiger partial charge in [-0.05, 0) is 44.0 Å². The monoisotopic (exact) mass is 430 g/mol. The topological polar surface area (TPSA) is 83.8 Å². The molecule has 162 valence electrons. The van der Waals surface area contributed by atoms with Crippen LogP contribution in [0.3, 0.4) is 0 Å². The second-order valence-electron chi connectivity index (χ2n) is 8.14. The predicted molar refractivity (Wildman–Crippen MR) is 119 cm³/mol. The number of carbonyl (C=O) groups excluding carboxylic acids is 1. The van der Waals surface area contributed by atoms with Gasteiger partial charge in [-0.1, -0.05) is 42.3 Å². The number of aromatic amines is 1. The van der Waals surface area contributed by atoms with Crippen LogP contribution in [0, 0.1) is 12.7 Å². The lowest BCUT2D eigenvalue weighted by atomic mass is 10.0. The Morgan fingerprint density at radius 3 is 2.66 bits per heavy atom. The first-order valence-corrected chi connectivity index (χ1v) is 10.8. The van der Waals surface area contributed by atoms with Gasteiger partial charge in [0.1, 0.15) is 23.1 Å². The molecule has 2 aromatic carbocycles. The Balaban J connectivity index is 1.39. The van der Waals surface area contributed by atoms with E-state index in [1.165, 1.54) is 25.0 Å². The molecule has 0 unspecified atom stereocenters. The minimum absolute atomic E-state index is 0.0385. The second-order valence-corrected chi connectivity index (χ2v) is 8.14. The molecule has 0 spiro atoms. The molecule has 1 amide bonds. The number of H-pyrrole nitrogens is 1. The number of rotatable bonds is 5. The van der Waals surface area contributed by atoms with Crippen molar-refractivity contribution in [3.05, 3.63) is 71.9 Å². The van der Waals surface area contributed by atoms with Gasteiger partial charge in [-0.3, -0.25) is 4.79 Å². The molecule has 4 aromatic rings. The Morgan fingerprint density at radius 2 is 1.91 bits per heavy atom. The van der Waals surface area contributed by atoms with Crippen molar-refractivity contribution < 1.29 is 13.7 Å². The summed E-state index contributed by atoms with van der Waals surface area (Å²) in [6.45, 7) is 1.80. The molecule has 6 nitrogen and oxygen atoms in total. The molecule has 1 fully saturated rings. The van der Waals surface area contributed by atoms with E-state index in [4.69, 9.17) is 9.51 Å². The van der Waals surface area contributed by atoms with Crippen molar-refractivity contribution in [3.63, 3.8) is 0 Å². The first kappa shape index (κ1) is 20.2. The zero-order valence-corrected chi connectivity index (χ0v) is 17.7. The van der Waals surface area contributed by atoms with Gasteiger partial charge >= 0.3 is 0 Å². The van der Waals surface area contributed by atoms with Crippen LogP contribution in [0.2, 0.25) is 0 Å². The number of halogens is 1. The summed E-state index contributed by atoms with van der Waals surface area (Å²) in [5.74, 6) is 0.882. The first-order valence-electron chi connectivity index (χ1n) is 10.8. The summed E-state index contributed by atoms with van der Waals surface area (Å²) in [5, 5.41) is 7.22. The fourth-order valence-corrected chi connectivity index (χ4v) is 4.22. The van der Waals surface area contributed by atoms with Crippen molar-refractivity contribution >= 4 is 5.91 Å². The molecule has 1 aliphatic rings. The number of hydrogen-bond acceptors (Lipinski definition) is 4. The molecule has 0 bridgehead atoms. The highest BCUT2D eigenvalue weighted by Crippen LogP contribution is 2.34. The molecule has 0 saturated heterocycles. The highest BCUT2D eigenvalue weighted by molar-refractivity contribution is 5.94. The number of imidazole rings is 1. The predicted octanol–water partition coefficient (Wildman–Crippen LogP) is 5.52. The third-order valence-corrected chi connectivity index (χ3v) is 5.91. The summed E-state index contributed by atoms with van der Waals surface area (Å²) >= 11 is 0. The van der Waals surface area contributed by atoms with Crippen molar-refractivity contribution in [1.82, 2.24) is 20.4 Å². The summed E-state index contributed by atoms with van der Waals surface area (Å²) < 4.78 is 19.1. The lowest BCUT2D eigenvalue weighted by molar-refractivity contribution is 0.0938. The van der Waals surface area contributed by atoms with Gasteiger partial charge in [-0.2, -0.15) is 0 Å². The normalized spacial score (nSPS) is 14.1. The van der Waals surface area contributed by atoms with Crippen LogP contribution in [-0.2, 0) is 0 Å². The third kappa shape index (κ3) is 3.93. The van der Waals surface area contributed by atoms with Gasteiger partial charge in [0.05, 0.1) is 11.3 Å². The second kappa shape index (κ2) is 8.42. The van der Waals surface area contributed by atoms with E-state index < -0.39 is 0 Å². The number of nitrogens with one attached hydrogen (secondary N) is 2. The van der Waals surface area contributed by atoms with Gasteiger partial charge in [0, 0.05) is 28.9 Å². The van der Waals surface area contributed by atoms with Gasteiger partial charge in [0.2, 0.25) is 0 Å². The molecular formula is C25H23FN4O2. The van der Waals surface area contributed by atoms with Crippen LogP contribution >= 0.6 is 0 Å².